The molecule has 0 heterocycles. The smallest absolute Gasteiger partial charge is 0.379 e. The minimum atomic E-state index is -2.67. The van der Waals surface area contributed by atoms with Gasteiger partial charge in [-0.05, 0) is 13.8 Å². The van der Waals surface area contributed by atoms with Crippen LogP contribution in [0.5, 0.6) is 0 Å². The largest absolute Gasteiger partial charge is 0.432 e. The zero-order valence-electron chi connectivity index (χ0n) is 8.07. The molecule has 0 aliphatic rings. The summed E-state index contributed by atoms with van der Waals surface area (Å²) in [5.74, 6) is -0.0752. The van der Waals surface area contributed by atoms with Gasteiger partial charge in [-0.25, -0.2) is 0 Å². The van der Waals surface area contributed by atoms with Crippen LogP contribution in [0.15, 0.2) is 11.8 Å². The summed E-state index contributed by atoms with van der Waals surface area (Å²) in [4.78, 5) is 10.8. The van der Waals surface area contributed by atoms with E-state index in [1.807, 2.05) is 0 Å². The summed E-state index contributed by atoms with van der Waals surface area (Å²) in [5, 5.41) is 0. The molecule has 0 aromatic carbocycles. The highest BCUT2D eigenvalue weighted by Crippen LogP contribution is 2.48. The van der Waals surface area contributed by atoms with Gasteiger partial charge in [-0.1, -0.05) is 0 Å². The molecule has 0 radical (unpaired) electrons. The third-order valence-electron chi connectivity index (χ3n) is 1.36. The molecule has 0 aromatic heterocycles. The third-order valence-corrected chi connectivity index (χ3v) is 3.77. The van der Waals surface area contributed by atoms with E-state index in [1.165, 1.54) is 27.4 Å². The minimum absolute atomic E-state index is 0.0752. The second-order valence-electron chi connectivity index (χ2n) is 2.27. The molecule has 0 spiro atoms. The maximum atomic E-state index is 10.8. The van der Waals surface area contributed by atoms with Crippen LogP contribution in [0, 0.1) is 0 Å². The second-order valence-corrected chi connectivity index (χ2v) is 5.45. The molecule has 0 saturated carbocycles. The monoisotopic (exact) mass is 224 g/mol. The Kier molecular flexibility index (Phi) is 5.40. The van der Waals surface area contributed by atoms with Crippen molar-refractivity contribution in [1.29, 1.82) is 0 Å². The topological polar surface area (TPSA) is 44.8 Å². The van der Waals surface area contributed by atoms with Crippen LogP contribution < -0.4 is 0 Å². The zero-order valence-corrected chi connectivity index (χ0v) is 9.78. The van der Waals surface area contributed by atoms with Crippen LogP contribution in [-0.2, 0) is 30.2 Å². The van der Waals surface area contributed by atoms with Gasteiger partial charge in [0, 0.05) is 31.6 Å². The number of allylic oxidation sites excluding steroid dienone is 1. The highest BCUT2D eigenvalue weighted by molar-refractivity contribution is 8.07. The Bertz CT molecular complexity index is 253. The number of Topliss-reactive ketones (excluding diaryl/α,β-unsaturated/α-hetero) is 1. The van der Waals surface area contributed by atoms with Crippen molar-refractivity contribution in [2.45, 2.75) is 13.8 Å². The van der Waals surface area contributed by atoms with Gasteiger partial charge in [0.1, 0.15) is 0 Å². The molecular formula is C7H13O4PS. The Morgan fingerprint density at radius 1 is 1.31 bits per heavy atom. The van der Waals surface area contributed by atoms with Crippen LogP contribution in [0.25, 0.3) is 0 Å². The summed E-state index contributed by atoms with van der Waals surface area (Å²) in [7, 11) is 2.81. The number of carbonyl (C=O) groups is 1. The minimum Gasteiger partial charge on any atom is -0.432 e. The average molecular weight is 224 g/mol. The number of hydrogen-bond donors (Lipinski definition) is 0. The summed E-state index contributed by atoms with van der Waals surface area (Å²) in [6.45, 7) is 0.405. The molecule has 0 N–H and O–H groups in total. The van der Waals surface area contributed by atoms with Crippen LogP contribution in [0.4, 0.5) is 0 Å². The predicted molar refractivity (Wildman–Crippen MR) is 53.8 cm³/mol. The molecule has 0 unspecified atom stereocenters. The third kappa shape index (κ3) is 4.52. The maximum absolute atomic E-state index is 10.8. The fraction of sp³-hybridized carbons (Fsp3) is 0.571. The fourth-order valence-corrected chi connectivity index (χ4v) is 1.12. The Hall–Kier alpha value is -0.220. The Labute approximate surface area is 83.1 Å². The molecule has 0 bridgehead atoms. The first-order valence-corrected chi connectivity index (χ1v) is 6.08. The van der Waals surface area contributed by atoms with Gasteiger partial charge in [0.2, 0.25) is 0 Å². The van der Waals surface area contributed by atoms with E-state index in [2.05, 4.69) is 0 Å². The fourth-order valence-electron chi connectivity index (χ4n) is 0.387. The van der Waals surface area contributed by atoms with E-state index in [1.54, 1.807) is 6.92 Å². The lowest BCUT2D eigenvalue weighted by Crippen LogP contribution is -1.94. The van der Waals surface area contributed by atoms with Gasteiger partial charge < -0.3 is 13.6 Å². The van der Waals surface area contributed by atoms with E-state index in [9.17, 15) is 4.79 Å². The number of carbonyl (C=O) groups excluding carboxylic acids is 1. The average Bonchev–Trinajstić information content (AvgIpc) is 2.13. The summed E-state index contributed by atoms with van der Waals surface area (Å²) in [5.41, 5.74) is 0.475. The maximum Gasteiger partial charge on any atom is 0.379 e. The van der Waals surface area contributed by atoms with Crippen molar-refractivity contribution < 1.29 is 18.4 Å². The van der Waals surface area contributed by atoms with Crippen LogP contribution in [-0.4, -0.2) is 20.0 Å². The molecule has 0 aliphatic heterocycles. The lowest BCUT2D eigenvalue weighted by Gasteiger charge is -2.15. The molecule has 0 aromatic rings. The van der Waals surface area contributed by atoms with E-state index >= 15 is 0 Å². The standard InChI is InChI=1S/C7H13O4PS/c1-6(7(2)8)5-11-12(13,9-3)10-4/h5H,1-4H3. The van der Waals surface area contributed by atoms with Crippen molar-refractivity contribution in [3.8, 4) is 0 Å². The molecule has 0 rings (SSSR count). The van der Waals surface area contributed by atoms with Crippen molar-refractivity contribution in [1.82, 2.24) is 0 Å². The van der Waals surface area contributed by atoms with Gasteiger partial charge >= 0.3 is 6.72 Å². The molecule has 0 saturated heterocycles. The van der Waals surface area contributed by atoms with Gasteiger partial charge in [-0.2, -0.15) is 0 Å². The molecule has 6 heteroatoms. The molecule has 4 nitrogen and oxygen atoms in total. The van der Waals surface area contributed by atoms with E-state index in [0.29, 0.717) is 5.57 Å². The number of hydrogen-bond acceptors (Lipinski definition) is 5. The SMILES string of the molecule is COP(=S)(OC)OC=C(C)C(C)=O. The lowest BCUT2D eigenvalue weighted by atomic mass is 10.2. The van der Waals surface area contributed by atoms with Gasteiger partial charge in [0.05, 0.1) is 6.26 Å². The van der Waals surface area contributed by atoms with Crippen LogP contribution in [0.3, 0.4) is 0 Å². The summed E-state index contributed by atoms with van der Waals surface area (Å²) in [6, 6.07) is 0. The molecule has 76 valence electrons. The zero-order chi connectivity index (χ0) is 10.5. The van der Waals surface area contributed by atoms with Crippen LogP contribution in [0.2, 0.25) is 0 Å². The first-order valence-electron chi connectivity index (χ1n) is 3.53. The summed E-state index contributed by atoms with van der Waals surface area (Å²) < 4.78 is 14.7. The molecule has 0 amide bonds. The van der Waals surface area contributed by atoms with E-state index in [4.69, 9.17) is 25.4 Å². The summed E-state index contributed by atoms with van der Waals surface area (Å²) in [6.07, 6.45) is 1.27. The molecule has 13 heavy (non-hydrogen) atoms. The highest BCUT2D eigenvalue weighted by Gasteiger charge is 2.15. The van der Waals surface area contributed by atoms with E-state index in [-0.39, 0.29) is 5.78 Å². The molecule has 0 atom stereocenters. The van der Waals surface area contributed by atoms with Crippen LogP contribution >= 0.6 is 6.72 Å². The molecule has 0 fully saturated rings. The lowest BCUT2D eigenvalue weighted by molar-refractivity contribution is -0.113. The quantitative estimate of drug-likeness (QED) is 0.406. The number of ketones is 1. The first kappa shape index (κ1) is 12.8. The predicted octanol–water partition coefficient (Wildman–Crippen LogP) is 2.01. The van der Waals surface area contributed by atoms with E-state index in [0.717, 1.165) is 0 Å². The van der Waals surface area contributed by atoms with Crippen molar-refractivity contribution in [2.24, 2.45) is 0 Å². The number of rotatable bonds is 5. The highest BCUT2D eigenvalue weighted by atomic mass is 32.5. The van der Waals surface area contributed by atoms with Gasteiger partial charge in [0.25, 0.3) is 0 Å². The molecule has 0 aliphatic carbocycles. The first-order chi connectivity index (χ1) is 5.95. The van der Waals surface area contributed by atoms with Crippen molar-refractivity contribution in [2.75, 3.05) is 14.2 Å². The Balaban J connectivity index is 4.37. The second kappa shape index (κ2) is 5.50. The normalized spacial score (nSPS) is 12.8. The van der Waals surface area contributed by atoms with Gasteiger partial charge in [-0.3, -0.25) is 4.79 Å². The Morgan fingerprint density at radius 3 is 2.08 bits per heavy atom. The van der Waals surface area contributed by atoms with Crippen LogP contribution in [0.1, 0.15) is 13.8 Å². The van der Waals surface area contributed by atoms with Crippen molar-refractivity contribution >= 4 is 24.3 Å². The van der Waals surface area contributed by atoms with Crippen molar-refractivity contribution in [3.63, 3.8) is 0 Å². The van der Waals surface area contributed by atoms with E-state index < -0.39 is 6.72 Å². The molecular weight excluding hydrogens is 211 g/mol. The van der Waals surface area contributed by atoms with Gasteiger partial charge in [0.15, 0.2) is 5.78 Å². The summed E-state index contributed by atoms with van der Waals surface area (Å²) >= 11 is 4.90. The Morgan fingerprint density at radius 2 is 1.77 bits per heavy atom. The van der Waals surface area contributed by atoms with Gasteiger partial charge in [-0.15, -0.1) is 0 Å². The van der Waals surface area contributed by atoms with Crippen molar-refractivity contribution in [3.05, 3.63) is 11.8 Å².